The predicted octanol–water partition coefficient (Wildman–Crippen LogP) is 1.68. The Morgan fingerprint density at radius 1 is 0.946 bits per heavy atom. The summed E-state index contributed by atoms with van der Waals surface area (Å²) in [7, 11) is -10.8. The SMILES string of the molecule is CC(C)(C)OC(=O)COC12CC3CC(CC(=O)CS(=O)(=O)O)(C1)CC(OC(=O)C(F)(F)S(=O)(=O)O)(C3)C2. The van der Waals surface area contributed by atoms with Gasteiger partial charge in [0.05, 0.1) is 5.60 Å². The molecule has 0 radical (unpaired) electrons. The summed E-state index contributed by atoms with van der Waals surface area (Å²) in [5, 5.41) is -5.26. The standard InChI is InChI=1S/C21H30F2O12S2/c1-17(2,3)34-15(25)8-33-19-5-13-4-18(10-19,7-14(24)9-36(27,28)29)11-20(6-13,12-19)35-16(26)21(22,23)37(30,31)32/h13H,4-12H2,1-3H3,(H,27,28,29)(H,30,31,32). The maximum absolute atomic E-state index is 14.1. The van der Waals surface area contributed by atoms with Crippen molar-refractivity contribution in [3.8, 4) is 0 Å². The fourth-order valence-corrected chi connectivity index (χ4v) is 7.31. The summed E-state index contributed by atoms with van der Waals surface area (Å²) < 4.78 is 107. The Kier molecular flexibility index (Phi) is 7.39. The molecule has 212 valence electrons. The van der Waals surface area contributed by atoms with Gasteiger partial charge in [0.1, 0.15) is 23.6 Å². The van der Waals surface area contributed by atoms with E-state index < -0.39 is 84.2 Å². The first kappa shape index (κ1) is 29.8. The van der Waals surface area contributed by atoms with Crippen LogP contribution in [0.3, 0.4) is 0 Å². The number of ether oxygens (including phenoxy) is 3. The van der Waals surface area contributed by atoms with E-state index in [2.05, 4.69) is 0 Å². The molecular weight excluding hydrogens is 546 g/mol. The van der Waals surface area contributed by atoms with E-state index in [0.717, 1.165) is 0 Å². The van der Waals surface area contributed by atoms with Gasteiger partial charge in [0.15, 0.2) is 5.78 Å². The van der Waals surface area contributed by atoms with Crippen LogP contribution in [0.4, 0.5) is 8.78 Å². The van der Waals surface area contributed by atoms with Crippen LogP contribution < -0.4 is 0 Å². The van der Waals surface area contributed by atoms with Crippen LogP contribution in [0.5, 0.6) is 0 Å². The molecule has 4 rings (SSSR count). The van der Waals surface area contributed by atoms with Crippen molar-refractivity contribution in [2.45, 2.75) is 87.8 Å². The number of hydrogen-bond acceptors (Lipinski definition) is 10. The second kappa shape index (κ2) is 9.17. The van der Waals surface area contributed by atoms with Crippen LogP contribution in [-0.4, -0.2) is 78.1 Å². The van der Waals surface area contributed by atoms with E-state index in [4.69, 9.17) is 23.3 Å². The number of alkyl halides is 2. The van der Waals surface area contributed by atoms with Gasteiger partial charge in [-0.15, -0.1) is 0 Å². The average Bonchev–Trinajstić information content (AvgIpc) is 2.60. The van der Waals surface area contributed by atoms with E-state index in [-0.39, 0.29) is 31.6 Å². The maximum Gasteiger partial charge on any atom is 0.465 e. The minimum Gasteiger partial charge on any atom is -0.458 e. The van der Waals surface area contributed by atoms with E-state index in [1.807, 2.05) is 0 Å². The molecule has 2 N–H and O–H groups in total. The van der Waals surface area contributed by atoms with Crippen LogP contribution in [0.25, 0.3) is 0 Å². The summed E-state index contributed by atoms with van der Waals surface area (Å²) in [5.41, 5.74) is -4.94. The minimum absolute atomic E-state index is 0.0199. The second-order valence-electron chi connectivity index (χ2n) is 11.6. The molecule has 37 heavy (non-hydrogen) atoms. The van der Waals surface area contributed by atoms with Crippen molar-refractivity contribution in [1.29, 1.82) is 0 Å². The zero-order valence-corrected chi connectivity index (χ0v) is 22.1. The number of carbonyl (C=O) groups is 3. The van der Waals surface area contributed by atoms with Gasteiger partial charge in [0, 0.05) is 12.8 Å². The average molecular weight is 577 g/mol. The molecule has 16 heteroatoms. The van der Waals surface area contributed by atoms with Gasteiger partial charge in [-0.3, -0.25) is 13.9 Å². The van der Waals surface area contributed by atoms with Gasteiger partial charge >= 0.3 is 27.3 Å². The molecule has 0 amide bonds. The highest BCUT2D eigenvalue weighted by Gasteiger charge is 2.67. The summed E-state index contributed by atoms with van der Waals surface area (Å²) in [6.45, 7) is 4.35. The molecule has 0 aromatic heterocycles. The smallest absolute Gasteiger partial charge is 0.458 e. The molecule has 4 saturated carbocycles. The molecule has 4 fully saturated rings. The molecule has 4 bridgehead atoms. The number of ketones is 1. The Morgan fingerprint density at radius 2 is 1.51 bits per heavy atom. The molecule has 0 heterocycles. The lowest BCUT2D eigenvalue weighted by atomic mass is 9.45. The molecule has 0 aliphatic heterocycles. The summed E-state index contributed by atoms with van der Waals surface area (Å²) in [6.07, 6.45) is -0.0986. The summed E-state index contributed by atoms with van der Waals surface area (Å²) in [4.78, 5) is 37.0. The molecule has 12 nitrogen and oxygen atoms in total. The Balaban J connectivity index is 1.93. The molecule has 4 aliphatic rings. The summed E-state index contributed by atoms with van der Waals surface area (Å²) in [5.74, 6) is -5.65. The van der Waals surface area contributed by atoms with Crippen LogP contribution in [0.15, 0.2) is 0 Å². The zero-order valence-electron chi connectivity index (χ0n) is 20.5. The lowest BCUT2D eigenvalue weighted by Gasteiger charge is -2.65. The van der Waals surface area contributed by atoms with Gasteiger partial charge < -0.3 is 14.2 Å². The van der Waals surface area contributed by atoms with Crippen LogP contribution in [0.2, 0.25) is 0 Å². The molecule has 0 aromatic rings. The Labute approximate surface area is 212 Å². The first-order chi connectivity index (χ1) is 16.5. The van der Waals surface area contributed by atoms with Crippen molar-refractivity contribution >= 4 is 38.0 Å². The third-order valence-corrected chi connectivity index (χ3v) is 8.29. The predicted molar refractivity (Wildman–Crippen MR) is 120 cm³/mol. The van der Waals surface area contributed by atoms with Crippen LogP contribution in [0, 0.1) is 11.3 Å². The van der Waals surface area contributed by atoms with Crippen LogP contribution in [-0.2, 0) is 48.8 Å². The number of carbonyl (C=O) groups excluding carboxylic acids is 3. The zero-order chi connectivity index (χ0) is 28.3. The quantitative estimate of drug-likeness (QED) is 0.283. The van der Waals surface area contributed by atoms with Crippen molar-refractivity contribution in [2.24, 2.45) is 11.3 Å². The molecule has 0 spiro atoms. The lowest BCUT2D eigenvalue weighted by Crippen LogP contribution is -2.66. The molecule has 4 aliphatic carbocycles. The third kappa shape index (κ3) is 6.82. The van der Waals surface area contributed by atoms with E-state index in [9.17, 15) is 40.0 Å². The number of halogens is 2. The van der Waals surface area contributed by atoms with Crippen molar-refractivity contribution in [3.05, 3.63) is 0 Å². The maximum atomic E-state index is 14.1. The van der Waals surface area contributed by atoms with Crippen molar-refractivity contribution < 1.29 is 63.3 Å². The number of hydrogen-bond donors (Lipinski definition) is 2. The fourth-order valence-electron chi connectivity index (χ4n) is 6.54. The highest BCUT2D eigenvalue weighted by molar-refractivity contribution is 7.87. The van der Waals surface area contributed by atoms with Crippen LogP contribution in [0.1, 0.15) is 65.7 Å². The monoisotopic (exact) mass is 576 g/mol. The van der Waals surface area contributed by atoms with Gasteiger partial charge in [-0.1, -0.05) is 0 Å². The third-order valence-electron chi connectivity index (χ3n) is 6.78. The normalized spacial score (nSPS) is 31.7. The Hall–Kier alpha value is -1.75. The van der Waals surface area contributed by atoms with Crippen molar-refractivity contribution in [3.63, 3.8) is 0 Å². The molecule has 4 unspecified atom stereocenters. The highest BCUT2D eigenvalue weighted by Crippen LogP contribution is 2.66. The Morgan fingerprint density at radius 3 is 2.05 bits per heavy atom. The van der Waals surface area contributed by atoms with Gasteiger partial charge in [0.2, 0.25) is 0 Å². The molecule has 0 aromatic carbocycles. The number of Topliss-reactive ketones (excluding diaryl/α,β-unsaturated/α-hetero) is 1. The lowest BCUT2D eigenvalue weighted by molar-refractivity contribution is -0.262. The number of rotatable bonds is 10. The van der Waals surface area contributed by atoms with Gasteiger partial charge in [-0.2, -0.15) is 25.6 Å². The molecule has 0 saturated heterocycles. The van der Waals surface area contributed by atoms with Gasteiger partial charge in [-0.25, -0.2) is 9.59 Å². The van der Waals surface area contributed by atoms with E-state index in [1.165, 1.54) is 0 Å². The Bertz CT molecular complexity index is 1190. The number of esters is 2. The summed E-state index contributed by atoms with van der Waals surface area (Å²) >= 11 is 0. The topological polar surface area (TPSA) is 188 Å². The van der Waals surface area contributed by atoms with E-state index in [1.54, 1.807) is 20.8 Å². The van der Waals surface area contributed by atoms with Gasteiger partial charge in [-0.05, 0) is 64.2 Å². The summed E-state index contributed by atoms with van der Waals surface area (Å²) in [6, 6.07) is 0. The largest absolute Gasteiger partial charge is 0.465 e. The highest BCUT2D eigenvalue weighted by atomic mass is 32.2. The minimum atomic E-state index is -6.14. The molecule has 4 atom stereocenters. The van der Waals surface area contributed by atoms with Crippen molar-refractivity contribution in [1.82, 2.24) is 0 Å². The van der Waals surface area contributed by atoms with Gasteiger partial charge in [0.25, 0.3) is 10.1 Å². The second-order valence-corrected chi connectivity index (χ2v) is 14.5. The van der Waals surface area contributed by atoms with E-state index in [0.29, 0.717) is 12.8 Å². The van der Waals surface area contributed by atoms with E-state index >= 15 is 0 Å². The first-order valence-electron chi connectivity index (χ1n) is 11.4. The fraction of sp³-hybridized carbons (Fsp3) is 0.857. The first-order valence-corrected chi connectivity index (χ1v) is 14.4. The van der Waals surface area contributed by atoms with Crippen LogP contribution >= 0.6 is 0 Å². The van der Waals surface area contributed by atoms with Crippen molar-refractivity contribution in [2.75, 3.05) is 12.4 Å². The molecular formula is C21H30F2O12S2.